The lowest BCUT2D eigenvalue weighted by atomic mass is 9.83. The quantitative estimate of drug-likeness (QED) is 0.183. The topological polar surface area (TPSA) is 26.3 Å². The minimum Gasteiger partial charge on any atom is -0.461 e. The van der Waals surface area contributed by atoms with E-state index in [9.17, 15) is 35.5 Å². The van der Waals surface area contributed by atoms with E-state index in [0.29, 0.717) is 0 Å². The van der Waals surface area contributed by atoms with Gasteiger partial charge in [0, 0.05) is 17.4 Å². The van der Waals surface area contributed by atoms with Gasteiger partial charge in [0.2, 0.25) is 4.33 Å². The van der Waals surface area contributed by atoms with Crippen LogP contribution in [0.3, 0.4) is 0 Å². The maximum absolute atomic E-state index is 13.8. The van der Waals surface area contributed by atoms with Gasteiger partial charge in [0.1, 0.15) is 6.61 Å². The predicted molar refractivity (Wildman–Crippen MR) is 94.0 cm³/mol. The lowest BCUT2D eigenvalue weighted by molar-refractivity contribution is -0.148. The SMILES string of the molecule is Cc1c(F)c(F)c(COC(=O)CC(C)(C)C(Cl)CC(Cl)(Cl)C(F)(F)F)c(F)c1F. The molecule has 1 rings (SSSR count). The maximum atomic E-state index is 13.8. The van der Waals surface area contributed by atoms with Crippen LogP contribution in [0.5, 0.6) is 0 Å². The number of benzene rings is 1. The molecule has 29 heavy (non-hydrogen) atoms. The zero-order valence-corrected chi connectivity index (χ0v) is 17.6. The molecule has 0 aliphatic heterocycles. The van der Waals surface area contributed by atoms with Crippen molar-refractivity contribution in [3.63, 3.8) is 0 Å². The Hall–Kier alpha value is -0.930. The van der Waals surface area contributed by atoms with Crippen molar-refractivity contribution in [2.24, 2.45) is 5.41 Å². The lowest BCUT2D eigenvalue weighted by Crippen LogP contribution is -2.40. The third-order valence-electron chi connectivity index (χ3n) is 4.25. The lowest BCUT2D eigenvalue weighted by Gasteiger charge is -2.33. The first-order valence-electron chi connectivity index (χ1n) is 7.98. The van der Waals surface area contributed by atoms with Gasteiger partial charge in [-0.2, -0.15) is 13.2 Å². The molecule has 0 radical (unpaired) electrons. The Balaban J connectivity index is 2.85. The summed E-state index contributed by atoms with van der Waals surface area (Å²) in [4.78, 5) is 12.0. The highest BCUT2D eigenvalue weighted by atomic mass is 35.5. The monoisotopic (exact) mass is 490 g/mol. The maximum Gasteiger partial charge on any atom is 0.421 e. The summed E-state index contributed by atoms with van der Waals surface area (Å²) in [6.45, 7) is 2.33. The van der Waals surface area contributed by atoms with Crippen molar-refractivity contribution in [3.8, 4) is 0 Å². The number of esters is 1. The summed E-state index contributed by atoms with van der Waals surface area (Å²) in [6.07, 6.45) is -6.53. The molecular weight excluding hydrogens is 476 g/mol. The summed E-state index contributed by atoms with van der Waals surface area (Å²) in [6, 6.07) is 0. The standard InChI is InChI=1S/C17H16Cl3F7O2/c1-7-11(21)13(23)8(14(24)12(7)22)6-29-10(28)5-15(2,3)9(18)4-16(19,20)17(25,26)27/h9H,4-6H2,1-3H3. The van der Waals surface area contributed by atoms with E-state index in [2.05, 4.69) is 4.74 Å². The van der Waals surface area contributed by atoms with Crippen LogP contribution >= 0.6 is 34.8 Å². The van der Waals surface area contributed by atoms with Gasteiger partial charge in [-0.15, -0.1) is 11.6 Å². The van der Waals surface area contributed by atoms with Crippen molar-refractivity contribution >= 4 is 40.8 Å². The largest absolute Gasteiger partial charge is 0.461 e. The minimum absolute atomic E-state index is 0.594. The third-order valence-corrected chi connectivity index (χ3v) is 5.73. The van der Waals surface area contributed by atoms with E-state index in [1.54, 1.807) is 0 Å². The molecule has 0 aromatic heterocycles. The Labute approximate surface area is 177 Å². The van der Waals surface area contributed by atoms with E-state index in [0.717, 1.165) is 6.92 Å². The normalized spacial score (nSPS) is 14.1. The molecule has 0 aliphatic carbocycles. The van der Waals surface area contributed by atoms with Gasteiger partial charge in [-0.3, -0.25) is 4.79 Å². The number of alkyl halides is 6. The molecule has 0 saturated heterocycles. The summed E-state index contributed by atoms with van der Waals surface area (Å²) in [5.41, 5.74) is -3.35. The molecule has 0 aliphatic rings. The zero-order valence-electron chi connectivity index (χ0n) is 15.3. The van der Waals surface area contributed by atoms with Gasteiger partial charge in [0.05, 0.1) is 12.0 Å². The minimum atomic E-state index is -4.98. The molecule has 166 valence electrons. The van der Waals surface area contributed by atoms with E-state index in [-0.39, 0.29) is 0 Å². The summed E-state index contributed by atoms with van der Waals surface area (Å²) in [7, 11) is 0. The average molecular weight is 492 g/mol. The number of carbonyl (C=O) groups is 1. The Morgan fingerprint density at radius 3 is 1.86 bits per heavy atom. The molecule has 0 spiro atoms. The number of ether oxygens (including phenoxy) is 1. The van der Waals surface area contributed by atoms with Crippen LogP contribution in [0.25, 0.3) is 0 Å². The average Bonchev–Trinajstić information content (AvgIpc) is 2.56. The number of halogens is 10. The molecule has 0 saturated carbocycles. The molecular formula is C17H16Cl3F7O2. The molecule has 0 bridgehead atoms. The number of hydrogen-bond acceptors (Lipinski definition) is 2. The van der Waals surface area contributed by atoms with Crippen LogP contribution in [0.15, 0.2) is 0 Å². The first-order valence-corrected chi connectivity index (χ1v) is 9.17. The van der Waals surface area contributed by atoms with Gasteiger partial charge in [0.15, 0.2) is 23.3 Å². The fraction of sp³-hybridized carbons (Fsp3) is 0.588. The van der Waals surface area contributed by atoms with Crippen molar-refractivity contribution in [2.75, 3.05) is 0 Å². The Morgan fingerprint density at radius 1 is 1.00 bits per heavy atom. The highest BCUT2D eigenvalue weighted by molar-refractivity contribution is 6.49. The van der Waals surface area contributed by atoms with Crippen LogP contribution in [0, 0.1) is 35.6 Å². The van der Waals surface area contributed by atoms with Gasteiger partial charge < -0.3 is 4.74 Å². The van der Waals surface area contributed by atoms with Crippen LogP contribution in [0.2, 0.25) is 0 Å². The molecule has 1 aromatic carbocycles. The van der Waals surface area contributed by atoms with Gasteiger partial charge >= 0.3 is 12.1 Å². The van der Waals surface area contributed by atoms with Crippen LogP contribution < -0.4 is 0 Å². The van der Waals surface area contributed by atoms with E-state index < -0.39 is 81.1 Å². The van der Waals surface area contributed by atoms with E-state index in [1.165, 1.54) is 13.8 Å². The second-order valence-electron chi connectivity index (χ2n) is 7.06. The first kappa shape index (κ1) is 26.1. The first-order chi connectivity index (χ1) is 12.9. The summed E-state index contributed by atoms with van der Waals surface area (Å²) < 4.78 is 94.4. The van der Waals surface area contributed by atoms with E-state index >= 15 is 0 Å². The Bertz CT molecular complexity index is 750. The van der Waals surface area contributed by atoms with Crippen molar-refractivity contribution < 1.29 is 40.3 Å². The Kier molecular flexibility index (Phi) is 8.15. The number of rotatable bonds is 7. The van der Waals surface area contributed by atoms with E-state index in [4.69, 9.17) is 34.8 Å². The Morgan fingerprint density at radius 2 is 1.45 bits per heavy atom. The highest BCUT2D eigenvalue weighted by Crippen LogP contribution is 2.47. The van der Waals surface area contributed by atoms with Gasteiger partial charge in [-0.25, -0.2) is 17.6 Å². The third kappa shape index (κ3) is 6.04. The highest BCUT2D eigenvalue weighted by Gasteiger charge is 2.54. The van der Waals surface area contributed by atoms with Gasteiger partial charge in [-0.1, -0.05) is 37.0 Å². The smallest absolute Gasteiger partial charge is 0.421 e. The fourth-order valence-corrected chi connectivity index (χ4v) is 2.99. The van der Waals surface area contributed by atoms with Crippen molar-refractivity contribution in [3.05, 3.63) is 34.4 Å². The van der Waals surface area contributed by atoms with Crippen LogP contribution in [-0.2, 0) is 16.1 Å². The number of hydrogen-bond donors (Lipinski definition) is 0. The van der Waals surface area contributed by atoms with Crippen LogP contribution in [0.4, 0.5) is 30.7 Å². The fourth-order valence-electron chi connectivity index (χ4n) is 2.22. The molecule has 0 N–H and O–H groups in total. The zero-order chi connectivity index (χ0) is 22.9. The van der Waals surface area contributed by atoms with Crippen molar-refractivity contribution in [1.29, 1.82) is 0 Å². The second-order valence-corrected chi connectivity index (χ2v) is 9.07. The molecule has 1 atom stereocenters. The molecule has 1 unspecified atom stereocenters. The molecule has 1 aromatic rings. The van der Waals surface area contributed by atoms with Crippen LogP contribution in [-0.4, -0.2) is 21.9 Å². The van der Waals surface area contributed by atoms with Crippen LogP contribution in [0.1, 0.15) is 37.8 Å². The molecule has 2 nitrogen and oxygen atoms in total. The number of carbonyl (C=O) groups excluding carboxylic acids is 1. The molecule has 0 heterocycles. The second kappa shape index (κ2) is 9.06. The predicted octanol–water partition coefficient (Wildman–Crippen LogP) is 6.74. The molecule has 0 amide bonds. The van der Waals surface area contributed by atoms with Crippen molar-refractivity contribution in [2.45, 2.75) is 56.1 Å². The van der Waals surface area contributed by atoms with Gasteiger partial charge in [0.25, 0.3) is 0 Å². The van der Waals surface area contributed by atoms with E-state index in [1.807, 2.05) is 0 Å². The summed E-state index contributed by atoms with van der Waals surface area (Å²) in [5.74, 6) is -7.83. The summed E-state index contributed by atoms with van der Waals surface area (Å²) in [5, 5.41) is -1.35. The summed E-state index contributed by atoms with van der Waals surface area (Å²) >= 11 is 16.4. The molecule has 0 fully saturated rings. The molecule has 12 heteroatoms. The van der Waals surface area contributed by atoms with Crippen molar-refractivity contribution in [1.82, 2.24) is 0 Å². The van der Waals surface area contributed by atoms with Gasteiger partial charge in [-0.05, 0) is 12.3 Å².